The van der Waals surface area contributed by atoms with E-state index in [0.29, 0.717) is 5.69 Å². The van der Waals surface area contributed by atoms with E-state index in [1.165, 1.54) is 19.2 Å². The molecular formula is C15H16N2O6S. The first-order chi connectivity index (χ1) is 11.4. The molecule has 1 N–H and O–H groups in total. The molecule has 0 unspecified atom stereocenters. The summed E-state index contributed by atoms with van der Waals surface area (Å²) in [6, 6.07) is 11.6. The van der Waals surface area contributed by atoms with Crippen LogP contribution < -0.4 is 9.04 Å². The van der Waals surface area contributed by atoms with Gasteiger partial charge in [-0.2, -0.15) is 0 Å². The lowest BCUT2D eigenvalue weighted by Gasteiger charge is -2.23. The number of nitro benzene ring substituents is 1. The molecular weight excluding hydrogens is 336 g/mol. The molecule has 0 bridgehead atoms. The summed E-state index contributed by atoms with van der Waals surface area (Å²) in [5, 5.41) is 20.3. The third kappa shape index (κ3) is 3.47. The van der Waals surface area contributed by atoms with Crippen LogP contribution in [0.4, 0.5) is 11.4 Å². The van der Waals surface area contributed by atoms with Gasteiger partial charge in [0.1, 0.15) is 0 Å². The Hall–Kier alpha value is -2.65. The number of hydrogen-bond donors (Lipinski definition) is 1. The van der Waals surface area contributed by atoms with Gasteiger partial charge in [0.2, 0.25) is 0 Å². The Bertz CT molecular complexity index is 823. The monoisotopic (exact) mass is 352 g/mol. The van der Waals surface area contributed by atoms with Crippen molar-refractivity contribution >= 4 is 21.4 Å². The van der Waals surface area contributed by atoms with E-state index in [1.54, 1.807) is 30.3 Å². The van der Waals surface area contributed by atoms with Gasteiger partial charge in [0.25, 0.3) is 10.0 Å². The van der Waals surface area contributed by atoms with Crippen LogP contribution in [0, 0.1) is 10.1 Å². The first kappa shape index (κ1) is 17.7. The lowest BCUT2D eigenvalue weighted by atomic mass is 10.3. The number of ether oxygens (including phenoxy) is 1. The van der Waals surface area contributed by atoms with Crippen LogP contribution >= 0.6 is 0 Å². The predicted octanol–water partition coefficient (Wildman–Crippen LogP) is 1.79. The molecule has 0 amide bonds. The third-order valence-corrected chi connectivity index (χ3v) is 5.11. The molecule has 9 heteroatoms. The second-order valence-electron chi connectivity index (χ2n) is 4.73. The predicted molar refractivity (Wildman–Crippen MR) is 87.7 cm³/mol. The van der Waals surface area contributed by atoms with E-state index in [9.17, 15) is 23.6 Å². The number of nitro groups is 1. The van der Waals surface area contributed by atoms with Gasteiger partial charge >= 0.3 is 5.69 Å². The molecule has 2 aromatic rings. The molecule has 0 radical (unpaired) electrons. The van der Waals surface area contributed by atoms with Gasteiger partial charge in [0, 0.05) is 6.07 Å². The fraction of sp³-hybridized carbons (Fsp3) is 0.200. The number of hydrogen-bond acceptors (Lipinski definition) is 6. The molecule has 0 aliphatic heterocycles. The van der Waals surface area contributed by atoms with Crippen LogP contribution in [0.3, 0.4) is 0 Å². The van der Waals surface area contributed by atoms with Crippen LogP contribution in [0.5, 0.6) is 5.75 Å². The third-order valence-electron chi connectivity index (χ3n) is 3.28. The van der Waals surface area contributed by atoms with Crippen LogP contribution in [0.1, 0.15) is 0 Å². The minimum absolute atomic E-state index is 0.0348. The number of rotatable bonds is 7. The van der Waals surface area contributed by atoms with Crippen LogP contribution in [-0.2, 0) is 10.0 Å². The Labute approximate surface area is 139 Å². The zero-order chi connectivity index (χ0) is 17.7. The highest BCUT2D eigenvalue weighted by atomic mass is 32.2. The second-order valence-corrected chi connectivity index (χ2v) is 6.59. The van der Waals surface area contributed by atoms with Crippen molar-refractivity contribution in [1.29, 1.82) is 0 Å². The number of nitrogens with zero attached hydrogens (tertiary/aromatic N) is 2. The number of aliphatic hydroxyl groups is 1. The highest BCUT2D eigenvalue weighted by molar-refractivity contribution is 7.92. The van der Waals surface area contributed by atoms with E-state index in [2.05, 4.69) is 0 Å². The summed E-state index contributed by atoms with van der Waals surface area (Å²) in [4.78, 5) is 10.1. The Balaban J connectivity index is 2.55. The molecule has 0 atom stereocenters. The van der Waals surface area contributed by atoms with Gasteiger partial charge in [-0.3, -0.25) is 14.4 Å². The molecule has 8 nitrogen and oxygen atoms in total. The lowest BCUT2D eigenvalue weighted by molar-refractivity contribution is -0.386. The van der Waals surface area contributed by atoms with Crippen LogP contribution in [-0.4, -0.2) is 38.7 Å². The summed E-state index contributed by atoms with van der Waals surface area (Å²) < 4.78 is 31.6. The summed E-state index contributed by atoms with van der Waals surface area (Å²) in [5.41, 5.74) is -0.0967. The minimum Gasteiger partial charge on any atom is -0.490 e. The number of para-hydroxylation sites is 1. The van der Waals surface area contributed by atoms with E-state index >= 15 is 0 Å². The van der Waals surface area contributed by atoms with Crippen molar-refractivity contribution in [1.82, 2.24) is 0 Å². The van der Waals surface area contributed by atoms with E-state index < -0.39 is 27.2 Å². The first-order valence-electron chi connectivity index (χ1n) is 6.93. The standard InChI is InChI=1S/C15H16N2O6S/c1-23-15-8-7-13(11-14(15)17(19)20)24(21,22)16(9-10-18)12-5-3-2-4-6-12/h2-8,11,18H,9-10H2,1H3. The van der Waals surface area contributed by atoms with Crippen molar-refractivity contribution < 1.29 is 23.2 Å². The maximum Gasteiger partial charge on any atom is 0.312 e. The van der Waals surface area contributed by atoms with Crippen molar-refractivity contribution in [2.45, 2.75) is 4.90 Å². The van der Waals surface area contributed by atoms with Gasteiger partial charge in [-0.1, -0.05) is 18.2 Å². The van der Waals surface area contributed by atoms with Gasteiger partial charge in [0.05, 0.1) is 35.8 Å². The van der Waals surface area contributed by atoms with Crippen molar-refractivity contribution in [3.8, 4) is 5.75 Å². The summed E-state index contributed by atoms with van der Waals surface area (Å²) in [5.74, 6) is -0.0348. The maximum absolute atomic E-state index is 12.8. The van der Waals surface area contributed by atoms with Gasteiger partial charge in [-0.05, 0) is 24.3 Å². The highest BCUT2D eigenvalue weighted by Crippen LogP contribution is 2.31. The molecule has 2 aromatic carbocycles. The SMILES string of the molecule is COc1ccc(S(=O)(=O)N(CCO)c2ccccc2)cc1[N+](=O)[O-]. The lowest BCUT2D eigenvalue weighted by Crippen LogP contribution is -2.33. The average Bonchev–Trinajstić information content (AvgIpc) is 2.59. The summed E-state index contributed by atoms with van der Waals surface area (Å²) in [7, 11) is -2.82. The van der Waals surface area contributed by atoms with Crippen molar-refractivity contribution in [2.75, 3.05) is 24.6 Å². The second kappa shape index (κ2) is 7.28. The Morgan fingerprint density at radius 1 is 1.21 bits per heavy atom. The number of sulfonamides is 1. The zero-order valence-corrected chi connectivity index (χ0v) is 13.6. The molecule has 128 valence electrons. The van der Waals surface area contributed by atoms with Gasteiger partial charge in [-0.15, -0.1) is 0 Å². The normalized spacial score (nSPS) is 11.1. The van der Waals surface area contributed by atoms with Gasteiger partial charge < -0.3 is 9.84 Å². The van der Waals surface area contributed by atoms with Crippen molar-refractivity contribution in [3.63, 3.8) is 0 Å². The smallest absolute Gasteiger partial charge is 0.312 e. The van der Waals surface area contributed by atoms with Crippen LogP contribution in [0.2, 0.25) is 0 Å². The van der Waals surface area contributed by atoms with E-state index in [0.717, 1.165) is 10.4 Å². The van der Waals surface area contributed by atoms with Crippen LogP contribution in [0.15, 0.2) is 53.4 Å². The number of benzene rings is 2. The molecule has 2 rings (SSSR count). The number of methoxy groups -OCH3 is 1. The van der Waals surface area contributed by atoms with Gasteiger partial charge in [0.15, 0.2) is 5.75 Å². The van der Waals surface area contributed by atoms with E-state index in [1.807, 2.05) is 0 Å². The van der Waals surface area contributed by atoms with Crippen LogP contribution in [0.25, 0.3) is 0 Å². The molecule has 0 fully saturated rings. The van der Waals surface area contributed by atoms with E-state index in [4.69, 9.17) is 4.74 Å². The molecule has 0 saturated heterocycles. The molecule has 24 heavy (non-hydrogen) atoms. The minimum atomic E-state index is -4.08. The molecule has 0 saturated carbocycles. The summed E-state index contributed by atoms with van der Waals surface area (Å²) >= 11 is 0. The van der Waals surface area contributed by atoms with Crippen molar-refractivity contribution in [3.05, 3.63) is 58.6 Å². The molecule has 0 heterocycles. The Kier molecular flexibility index (Phi) is 5.37. The van der Waals surface area contributed by atoms with E-state index in [-0.39, 0.29) is 17.2 Å². The largest absolute Gasteiger partial charge is 0.490 e. The number of anilines is 1. The average molecular weight is 352 g/mol. The summed E-state index contributed by atoms with van der Waals surface area (Å²) in [6.07, 6.45) is 0. The quantitative estimate of drug-likeness (QED) is 0.601. The topological polar surface area (TPSA) is 110 Å². The summed E-state index contributed by atoms with van der Waals surface area (Å²) in [6.45, 7) is -0.571. The molecule has 0 spiro atoms. The highest BCUT2D eigenvalue weighted by Gasteiger charge is 2.28. The fourth-order valence-electron chi connectivity index (χ4n) is 2.17. The van der Waals surface area contributed by atoms with Crippen molar-refractivity contribution in [2.24, 2.45) is 0 Å². The first-order valence-corrected chi connectivity index (χ1v) is 8.37. The molecule has 0 aromatic heterocycles. The molecule has 0 aliphatic carbocycles. The fourth-order valence-corrected chi connectivity index (χ4v) is 3.65. The Morgan fingerprint density at radius 2 is 1.88 bits per heavy atom. The molecule has 0 aliphatic rings. The number of aliphatic hydroxyl groups excluding tert-OH is 1. The maximum atomic E-state index is 12.8. The van der Waals surface area contributed by atoms with Gasteiger partial charge in [-0.25, -0.2) is 8.42 Å². The Morgan fingerprint density at radius 3 is 2.42 bits per heavy atom. The zero-order valence-electron chi connectivity index (χ0n) is 12.8.